The molecule has 1 aliphatic heterocycles. The Morgan fingerprint density at radius 1 is 1.03 bits per heavy atom. The Morgan fingerprint density at radius 3 is 2.48 bits per heavy atom. The van der Waals surface area contributed by atoms with Crippen LogP contribution in [0.25, 0.3) is 0 Å². The summed E-state index contributed by atoms with van der Waals surface area (Å²) in [5.41, 5.74) is 3.91. The number of rotatable bonds is 5. The third-order valence-electron chi connectivity index (χ3n) is 5.45. The molecular formula is C24H26N4O. The van der Waals surface area contributed by atoms with E-state index in [4.69, 9.17) is 0 Å². The molecule has 0 radical (unpaired) electrons. The number of nitrogens with zero attached hydrogens (tertiary/aromatic N) is 3. The molecule has 0 unspecified atom stereocenters. The number of hydrogen-bond donors (Lipinski definition) is 1. The van der Waals surface area contributed by atoms with Gasteiger partial charge in [-0.05, 0) is 55.9 Å². The van der Waals surface area contributed by atoms with E-state index in [-0.39, 0.29) is 5.91 Å². The first-order valence-corrected chi connectivity index (χ1v) is 10.2. The third kappa shape index (κ3) is 4.99. The molecule has 0 spiro atoms. The van der Waals surface area contributed by atoms with E-state index in [2.05, 4.69) is 45.6 Å². The summed E-state index contributed by atoms with van der Waals surface area (Å²) in [7, 11) is 0. The van der Waals surface area contributed by atoms with Crippen LogP contribution in [0.3, 0.4) is 0 Å². The summed E-state index contributed by atoms with van der Waals surface area (Å²) in [5, 5.41) is 3.17. The lowest BCUT2D eigenvalue weighted by Crippen LogP contribution is -2.39. The number of aryl methyl sites for hydroxylation is 1. The van der Waals surface area contributed by atoms with E-state index in [0.29, 0.717) is 17.6 Å². The van der Waals surface area contributed by atoms with Crippen molar-refractivity contribution < 1.29 is 4.79 Å². The SMILES string of the molecule is Cc1ccc(Nc2nccc(C(=O)N3CCC(Cc4ccccc4)CC3)n2)cc1. The minimum absolute atomic E-state index is 0.0162. The van der Waals surface area contributed by atoms with Crippen molar-refractivity contribution >= 4 is 17.5 Å². The van der Waals surface area contributed by atoms with E-state index >= 15 is 0 Å². The normalized spacial score (nSPS) is 14.6. The Labute approximate surface area is 171 Å². The van der Waals surface area contributed by atoms with Gasteiger partial charge in [0.2, 0.25) is 5.95 Å². The molecule has 1 fully saturated rings. The van der Waals surface area contributed by atoms with E-state index in [1.165, 1.54) is 11.1 Å². The second kappa shape index (κ2) is 8.86. The topological polar surface area (TPSA) is 58.1 Å². The zero-order valence-electron chi connectivity index (χ0n) is 16.7. The number of aromatic nitrogens is 2. The van der Waals surface area contributed by atoms with E-state index in [1.807, 2.05) is 36.1 Å². The lowest BCUT2D eigenvalue weighted by molar-refractivity contribution is 0.0684. The van der Waals surface area contributed by atoms with Crippen molar-refractivity contribution in [1.82, 2.24) is 14.9 Å². The van der Waals surface area contributed by atoms with Gasteiger partial charge in [-0.25, -0.2) is 9.97 Å². The summed E-state index contributed by atoms with van der Waals surface area (Å²) >= 11 is 0. The molecule has 1 aliphatic rings. The highest BCUT2D eigenvalue weighted by molar-refractivity contribution is 5.92. The number of benzene rings is 2. The number of carbonyl (C=O) groups excluding carboxylic acids is 1. The van der Waals surface area contributed by atoms with Crippen molar-refractivity contribution in [2.45, 2.75) is 26.2 Å². The van der Waals surface area contributed by atoms with Gasteiger partial charge in [0.1, 0.15) is 5.69 Å². The summed E-state index contributed by atoms with van der Waals surface area (Å²) < 4.78 is 0. The standard InChI is InChI=1S/C24H26N4O/c1-18-7-9-21(10-8-18)26-24-25-14-11-22(27-24)23(29)28-15-12-20(13-16-28)17-19-5-3-2-4-6-19/h2-11,14,20H,12-13,15-17H2,1H3,(H,25,26,27). The number of piperidine rings is 1. The van der Waals surface area contributed by atoms with Gasteiger partial charge in [-0.2, -0.15) is 0 Å². The molecule has 29 heavy (non-hydrogen) atoms. The maximum Gasteiger partial charge on any atom is 0.272 e. The first-order valence-electron chi connectivity index (χ1n) is 10.2. The molecule has 2 aromatic carbocycles. The highest BCUT2D eigenvalue weighted by Gasteiger charge is 2.24. The van der Waals surface area contributed by atoms with Crippen LogP contribution in [-0.4, -0.2) is 33.9 Å². The van der Waals surface area contributed by atoms with Crippen molar-refractivity contribution in [1.29, 1.82) is 0 Å². The first kappa shape index (κ1) is 19.1. The monoisotopic (exact) mass is 386 g/mol. The van der Waals surface area contributed by atoms with Crippen molar-refractivity contribution in [2.75, 3.05) is 18.4 Å². The number of amides is 1. The lowest BCUT2D eigenvalue weighted by Gasteiger charge is -2.32. The van der Waals surface area contributed by atoms with Crippen LogP contribution in [0.2, 0.25) is 0 Å². The smallest absolute Gasteiger partial charge is 0.272 e. The zero-order valence-corrected chi connectivity index (χ0v) is 16.7. The molecule has 1 aromatic heterocycles. The van der Waals surface area contributed by atoms with Gasteiger partial charge >= 0.3 is 0 Å². The molecule has 5 heteroatoms. The van der Waals surface area contributed by atoms with E-state index < -0.39 is 0 Å². The number of hydrogen-bond acceptors (Lipinski definition) is 4. The van der Waals surface area contributed by atoms with Crippen molar-refractivity contribution in [3.63, 3.8) is 0 Å². The fraction of sp³-hybridized carbons (Fsp3) is 0.292. The summed E-state index contributed by atoms with van der Waals surface area (Å²) in [6.45, 7) is 3.60. The molecule has 5 nitrogen and oxygen atoms in total. The molecule has 0 bridgehead atoms. The number of carbonyl (C=O) groups is 1. The van der Waals surface area contributed by atoms with Gasteiger partial charge < -0.3 is 10.2 Å². The van der Waals surface area contributed by atoms with Gasteiger partial charge in [0.15, 0.2) is 0 Å². The predicted octanol–water partition coefficient (Wildman–Crippen LogP) is 4.62. The number of anilines is 2. The van der Waals surface area contributed by atoms with Crippen LogP contribution in [0, 0.1) is 12.8 Å². The molecule has 0 atom stereocenters. The molecule has 2 heterocycles. The Kier molecular flexibility index (Phi) is 5.84. The highest BCUT2D eigenvalue weighted by atomic mass is 16.2. The maximum absolute atomic E-state index is 12.9. The fourth-order valence-electron chi connectivity index (χ4n) is 3.75. The van der Waals surface area contributed by atoms with Crippen LogP contribution in [0.4, 0.5) is 11.6 Å². The Balaban J connectivity index is 1.35. The molecule has 0 aliphatic carbocycles. The molecule has 1 amide bonds. The maximum atomic E-state index is 12.9. The largest absolute Gasteiger partial charge is 0.337 e. The van der Waals surface area contributed by atoms with Crippen LogP contribution >= 0.6 is 0 Å². The quantitative estimate of drug-likeness (QED) is 0.695. The van der Waals surface area contributed by atoms with E-state index in [0.717, 1.165) is 38.0 Å². The molecule has 1 N–H and O–H groups in total. The number of likely N-dealkylation sites (tertiary alicyclic amines) is 1. The zero-order chi connectivity index (χ0) is 20.1. The van der Waals surface area contributed by atoms with Gasteiger partial charge in [0, 0.05) is 25.0 Å². The molecule has 4 rings (SSSR count). The molecular weight excluding hydrogens is 360 g/mol. The summed E-state index contributed by atoms with van der Waals surface area (Å²) in [6.07, 6.45) is 4.78. The van der Waals surface area contributed by atoms with Crippen LogP contribution in [0.5, 0.6) is 0 Å². The lowest BCUT2D eigenvalue weighted by atomic mass is 9.90. The Bertz CT molecular complexity index is 948. The van der Waals surface area contributed by atoms with Crippen molar-refractivity contribution in [3.8, 4) is 0 Å². The fourth-order valence-corrected chi connectivity index (χ4v) is 3.75. The first-order chi connectivity index (χ1) is 14.2. The average Bonchev–Trinajstić information content (AvgIpc) is 2.76. The Morgan fingerprint density at radius 2 is 1.76 bits per heavy atom. The van der Waals surface area contributed by atoms with Crippen molar-refractivity contribution in [3.05, 3.63) is 83.7 Å². The number of nitrogens with one attached hydrogen (secondary N) is 1. The minimum Gasteiger partial charge on any atom is -0.337 e. The highest BCUT2D eigenvalue weighted by Crippen LogP contribution is 2.23. The second-order valence-corrected chi connectivity index (χ2v) is 7.68. The Hall–Kier alpha value is -3.21. The summed E-state index contributed by atoms with van der Waals surface area (Å²) in [4.78, 5) is 23.5. The van der Waals surface area contributed by atoms with Crippen molar-refractivity contribution in [2.24, 2.45) is 5.92 Å². The average molecular weight is 386 g/mol. The van der Waals surface area contributed by atoms with Gasteiger partial charge in [-0.3, -0.25) is 4.79 Å². The molecule has 1 saturated heterocycles. The van der Waals surface area contributed by atoms with E-state index in [1.54, 1.807) is 12.3 Å². The van der Waals surface area contributed by atoms with Gasteiger partial charge in [0.05, 0.1) is 0 Å². The second-order valence-electron chi connectivity index (χ2n) is 7.68. The van der Waals surface area contributed by atoms with Crippen LogP contribution in [-0.2, 0) is 6.42 Å². The van der Waals surface area contributed by atoms with Crippen LogP contribution in [0.1, 0.15) is 34.5 Å². The molecule has 148 valence electrons. The predicted molar refractivity (Wildman–Crippen MR) is 115 cm³/mol. The van der Waals surface area contributed by atoms with E-state index in [9.17, 15) is 4.79 Å². The summed E-state index contributed by atoms with van der Waals surface area (Å²) in [5.74, 6) is 1.06. The van der Waals surface area contributed by atoms with Crippen LogP contribution < -0.4 is 5.32 Å². The van der Waals surface area contributed by atoms with Gasteiger partial charge in [-0.15, -0.1) is 0 Å². The minimum atomic E-state index is -0.0162. The summed E-state index contributed by atoms with van der Waals surface area (Å²) in [6, 6.07) is 20.3. The molecule has 3 aromatic rings. The van der Waals surface area contributed by atoms with Gasteiger partial charge in [0.25, 0.3) is 5.91 Å². The molecule has 0 saturated carbocycles. The van der Waals surface area contributed by atoms with Gasteiger partial charge in [-0.1, -0.05) is 48.0 Å². The van der Waals surface area contributed by atoms with Crippen LogP contribution in [0.15, 0.2) is 66.9 Å². The third-order valence-corrected chi connectivity index (χ3v) is 5.45.